The number of nitrogens with one attached hydrogen (secondary N) is 1. The Hall–Kier alpha value is -2.96. The second kappa shape index (κ2) is 9.12. The summed E-state index contributed by atoms with van der Waals surface area (Å²) in [5.74, 6) is -1.53. The Morgan fingerprint density at radius 2 is 2.00 bits per heavy atom. The van der Waals surface area contributed by atoms with Crippen molar-refractivity contribution in [2.45, 2.75) is 33.2 Å². The average Bonchev–Trinajstić information content (AvgIpc) is 2.65. The van der Waals surface area contributed by atoms with Crippen molar-refractivity contribution in [3.8, 4) is 0 Å². The second-order valence-electron chi connectivity index (χ2n) is 6.23. The van der Waals surface area contributed by atoms with Crippen LogP contribution in [0.3, 0.4) is 0 Å². The molecule has 1 amide bonds. The maximum absolute atomic E-state index is 13.5. The summed E-state index contributed by atoms with van der Waals surface area (Å²) < 4.78 is 19.9. The Labute approximate surface area is 157 Å². The number of esters is 1. The van der Waals surface area contributed by atoms with Gasteiger partial charge in [-0.15, -0.1) is 0 Å². The minimum atomic E-state index is -0.599. The third-order valence-corrected chi connectivity index (χ3v) is 4.10. The van der Waals surface area contributed by atoms with Gasteiger partial charge in [0.1, 0.15) is 11.4 Å². The lowest BCUT2D eigenvalue weighted by Crippen LogP contribution is -2.32. The monoisotopic (exact) mass is 374 g/mol. The van der Waals surface area contributed by atoms with Crippen molar-refractivity contribution in [1.29, 1.82) is 0 Å². The van der Waals surface area contributed by atoms with Crippen LogP contribution in [0.15, 0.2) is 35.3 Å². The summed E-state index contributed by atoms with van der Waals surface area (Å²) in [6.45, 7) is 3.96. The number of benzene rings is 1. The van der Waals surface area contributed by atoms with Gasteiger partial charge in [0.2, 0.25) is 0 Å². The number of unbranched alkanes of at least 4 members (excludes halogenated alkanes) is 1. The molecule has 0 radical (unpaired) electrons. The van der Waals surface area contributed by atoms with Crippen molar-refractivity contribution < 1.29 is 18.7 Å². The van der Waals surface area contributed by atoms with Crippen molar-refractivity contribution in [3.05, 3.63) is 68.9 Å². The molecule has 0 unspecified atom stereocenters. The lowest BCUT2D eigenvalue weighted by atomic mass is 10.1. The number of carbonyl (C=O) groups excluding carboxylic acids is 2. The van der Waals surface area contributed by atoms with E-state index in [1.807, 2.05) is 6.92 Å². The van der Waals surface area contributed by atoms with Crippen LogP contribution in [0.2, 0.25) is 0 Å². The number of hydrogen-bond acceptors (Lipinski definition) is 4. The van der Waals surface area contributed by atoms with E-state index in [0.29, 0.717) is 11.1 Å². The van der Waals surface area contributed by atoms with Gasteiger partial charge < -0.3 is 14.6 Å². The van der Waals surface area contributed by atoms with Gasteiger partial charge in [-0.3, -0.25) is 9.59 Å². The van der Waals surface area contributed by atoms with Gasteiger partial charge in [-0.05, 0) is 36.6 Å². The number of carbonyl (C=O) groups is 2. The quantitative estimate of drug-likeness (QED) is 0.597. The van der Waals surface area contributed by atoms with Crippen LogP contribution in [-0.2, 0) is 11.3 Å². The SMILES string of the molecule is CCCCOC(=O)c1cc(C(=O)NC)c(=O)n(Cc2ccc(F)c(C)c2)c1. The molecule has 0 saturated carbocycles. The fourth-order valence-electron chi connectivity index (χ4n) is 2.56. The summed E-state index contributed by atoms with van der Waals surface area (Å²) in [5.41, 5.74) is 0.545. The molecule has 0 bridgehead atoms. The molecule has 1 N–H and O–H groups in total. The number of nitrogens with zero attached hydrogens (tertiary/aromatic N) is 1. The summed E-state index contributed by atoms with van der Waals surface area (Å²) in [7, 11) is 1.40. The van der Waals surface area contributed by atoms with Crippen molar-refractivity contribution in [3.63, 3.8) is 0 Å². The Morgan fingerprint density at radius 3 is 2.63 bits per heavy atom. The molecule has 2 aromatic rings. The zero-order valence-corrected chi connectivity index (χ0v) is 15.7. The third kappa shape index (κ3) is 5.03. The molecule has 0 atom stereocenters. The fourth-order valence-corrected chi connectivity index (χ4v) is 2.56. The summed E-state index contributed by atoms with van der Waals surface area (Å²) in [5, 5.41) is 2.39. The topological polar surface area (TPSA) is 77.4 Å². The second-order valence-corrected chi connectivity index (χ2v) is 6.23. The first-order chi connectivity index (χ1) is 12.9. The lowest BCUT2D eigenvalue weighted by Gasteiger charge is -2.12. The predicted octanol–water partition coefficient (Wildman–Crippen LogP) is 2.66. The van der Waals surface area contributed by atoms with Crippen LogP contribution in [0.1, 0.15) is 51.6 Å². The zero-order valence-electron chi connectivity index (χ0n) is 15.7. The molecule has 6 nitrogen and oxygen atoms in total. The summed E-state index contributed by atoms with van der Waals surface area (Å²) in [4.78, 5) is 37.0. The predicted molar refractivity (Wildman–Crippen MR) is 99.5 cm³/mol. The number of pyridine rings is 1. The summed E-state index contributed by atoms with van der Waals surface area (Å²) in [6, 6.07) is 5.73. The van der Waals surface area contributed by atoms with E-state index in [0.717, 1.165) is 12.8 Å². The molecule has 1 aromatic heterocycles. The van der Waals surface area contributed by atoms with Crippen molar-refractivity contribution >= 4 is 11.9 Å². The summed E-state index contributed by atoms with van der Waals surface area (Å²) in [6.07, 6.45) is 2.96. The van der Waals surface area contributed by atoms with Gasteiger partial charge in [0.25, 0.3) is 11.5 Å². The molecule has 0 aliphatic rings. The molecule has 1 heterocycles. The Bertz CT molecular complexity index is 905. The van der Waals surface area contributed by atoms with Gasteiger partial charge in [0.15, 0.2) is 0 Å². The van der Waals surface area contributed by atoms with Crippen LogP contribution in [-0.4, -0.2) is 30.1 Å². The smallest absolute Gasteiger partial charge is 0.339 e. The largest absolute Gasteiger partial charge is 0.462 e. The first kappa shape index (κ1) is 20.4. The molecule has 144 valence electrons. The van der Waals surface area contributed by atoms with Gasteiger partial charge in [-0.1, -0.05) is 25.5 Å². The molecule has 27 heavy (non-hydrogen) atoms. The minimum absolute atomic E-state index is 0.0972. The van der Waals surface area contributed by atoms with Crippen molar-refractivity contribution in [2.75, 3.05) is 13.7 Å². The standard InChI is InChI=1S/C20H23FN2O4/c1-4-5-8-27-20(26)15-10-16(18(24)22-3)19(25)23(12-15)11-14-6-7-17(21)13(2)9-14/h6-7,9-10,12H,4-5,8,11H2,1-3H3,(H,22,24). The van der Waals surface area contributed by atoms with E-state index in [4.69, 9.17) is 4.74 Å². The van der Waals surface area contributed by atoms with Gasteiger partial charge in [0.05, 0.1) is 18.7 Å². The van der Waals surface area contributed by atoms with E-state index < -0.39 is 17.4 Å². The number of hydrogen-bond donors (Lipinski definition) is 1. The number of aromatic nitrogens is 1. The Balaban J connectivity index is 2.43. The van der Waals surface area contributed by atoms with E-state index in [1.165, 1.54) is 29.9 Å². The average molecular weight is 374 g/mol. The number of rotatable bonds is 7. The number of ether oxygens (including phenoxy) is 1. The number of aryl methyl sites for hydroxylation is 1. The maximum Gasteiger partial charge on any atom is 0.339 e. The zero-order chi connectivity index (χ0) is 20.0. The fraction of sp³-hybridized carbons (Fsp3) is 0.350. The molecular weight excluding hydrogens is 351 g/mol. The Kier molecular flexibility index (Phi) is 6.87. The molecular formula is C20H23FN2O4. The highest BCUT2D eigenvalue weighted by molar-refractivity contribution is 5.97. The molecule has 0 saturated heterocycles. The van der Waals surface area contributed by atoms with Crippen molar-refractivity contribution in [2.24, 2.45) is 0 Å². The van der Waals surface area contributed by atoms with Crippen molar-refractivity contribution in [1.82, 2.24) is 9.88 Å². The van der Waals surface area contributed by atoms with E-state index in [1.54, 1.807) is 19.1 Å². The number of amides is 1. The van der Waals surface area contributed by atoms with Gasteiger partial charge >= 0.3 is 5.97 Å². The molecule has 1 aromatic carbocycles. The van der Waals surface area contributed by atoms with Crippen LogP contribution < -0.4 is 10.9 Å². The van der Waals surface area contributed by atoms with Crippen LogP contribution in [0.5, 0.6) is 0 Å². The molecule has 2 rings (SSSR count). The van der Waals surface area contributed by atoms with Gasteiger partial charge in [0, 0.05) is 13.2 Å². The van der Waals surface area contributed by atoms with Crippen LogP contribution in [0.4, 0.5) is 4.39 Å². The van der Waals surface area contributed by atoms with E-state index in [-0.39, 0.29) is 30.1 Å². The van der Waals surface area contributed by atoms with Crippen LogP contribution >= 0.6 is 0 Å². The third-order valence-electron chi connectivity index (χ3n) is 4.10. The van der Waals surface area contributed by atoms with E-state index in [2.05, 4.69) is 5.32 Å². The molecule has 0 aliphatic carbocycles. The Morgan fingerprint density at radius 1 is 1.26 bits per heavy atom. The van der Waals surface area contributed by atoms with Gasteiger partial charge in [-0.25, -0.2) is 9.18 Å². The molecule has 0 spiro atoms. The highest BCUT2D eigenvalue weighted by atomic mass is 19.1. The lowest BCUT2D eigenvalue weighted by molar-refractivity contribution is 0.0498. The van der Waals surface area contributed by atoms with Crippen LogP contribution in [0.25, 0.3) is 0 Å². The normalized spacial score (nSPS) is 10.5. The highest BCUT2D eigenvalue weighted by Gasteiger charge is 2.18. The molecule has 0 aliphatic heterocycles. The molecule has 7 heteroatoms. The maximum atomic E-state index is 13.5. The minimum Gasteiger partial charge on any atom is -0.462 e. The van der Waals surface area contributed by atoms with E-state index >= 15 is 0 Å². The first-order valence-electron chi connectivity index (χ1n) is 8.76. The molecule has 0 fully saturated rings. The summed E-state index contributed by atoms with van der Waals surface area (Å²) >= 11 is 0. The van der Waals surface area contributed by atoms with Crippen LogP contribution in [0, 0.1) is 12.7 Å². The number of halogens is 1. The highest BCUT2D eigenvalue weighted by Crippen LogP contribution is 2.11. The first-order valence-corrected chi connectivity index (χ1v) is 8.76. The van der Waals surface area contributed by atoms with E-state index in [9.17, 15) is 18.8 Å². The van der Waals surface area contributed by atoms with Gasteiger partial charge in [-0.2, -0.15) is 0 Å².